The van der Waals surface area contributed by atoms with Crippen LogP contribution in [0, 0.1) is 0 Å². The zero-order valence-electron chi connectivity index (χ0n) is 11.2. The molecule has 0 bridgehead atoms. The maximum absolute atomic E-state index is 12.0. The first kappa shape index (κ1) is 12.2. The number of nitrogens with one attached hydrogen (secondary N) is 1. The Morgan fingerprint density at radius 3 is 2.68 bits per heavy atom. The van der Waals surface area contributed by atoms with E-state index in [1.54, 1.807) is 22.4 Å². The lowest BCUT2D eigenvalue weighted by molar-refractivity contribution is 0.460. The summed E-state index contributed by atoms with van der Waals surface area (Å²) in [6, 6.07) is 8.36. The van der Waals surface area contributed by atoms with E-state index >= 15 is 0 Å². The van der Waals surface area contributed by atoms with Gasteiger partial charge < -0.3 is 9.88 Å². The highest BCUT2D eigenvalue weighted by atomic mass is 16.1. The van der Waals surface area contributed by atoms with Gasteiger partial charge in [0, 0.05) is 19.4 Å². The minimum absolute atomic E-state index is 0.00228. The van der Waals surface area contributed by atoms with Gasteiger partial charge in [-0.25, -0.2) is 4.79 Å². The fourth-order valence-electron chi connectivity index (χ4n) is 2.74. The SMILES string of the molecule is Cn1ccn(-c2cccc(C3CCNCC3)c2)c1=O. The number of nitrogens with zero attached hydrogens (tertiary/aromatic N) is 2. The van der Waals surface area contributed by atoms with Crippen molar-refractivity contribution >= 4 is 0 Å². The largest absolute Gasteiger partial charge is 0.332 e. The van der Waals surface area contributed by atoms with E-state index in [2.05, 4.69) is 17.4 Å². The average molecular weight is 257 g/mol. The fourth-order valence-corrected chi connectivity index (χ4v) is 2.74. The van der Waals surface area contributed by atoms with Crippen LogP contribution in [0.3, 0.4) is 0 Å². The quantitative estimate of drug-likeness (QED) is 0.888. The lowest BCUT2D eigenvalue weighted by Gasteiger charge is -2.23. The Morgan fingerprint density at radius 2 is 2.00 bits per heavy atom. The Bertz CT molecular complexity index is 620. The van der Waals surface area contributed by atoms with Crippen molar-refractivity contribution in [1.82, 2.24) is 14.5 Å². The molecule has 4 heteroatoms. The molecule has 0 aliphatic carbocycles. The summed E-state index contributed by atoms with van der Waals surface area (Å²) in [5.74, 6) is 0.612. The Balaban J connectivity index is 1.95. The summed E-state index contributed by atoms with van der Waals surface area (Å²) in [5, 5.41) is 3.38. The summed E-state index contributed by atoms with van der Waals surface area (Å²) < 4.78 is 3.29. The molecule has 2 heterocycles. The highest BCUT2D eigenvalue weighted by molar-refractivity contribution is 5.37. The van der Waals surface area contributed by atoms with Crippen molar-refractivity contribution in [3.05, 3.63) is 52.7 Å². The fraction of sp³-hybridized carbons (Fsp3) is 0.400. The molecule has 1 aromatic heterocycles. The van der Waals surface area contributed by atoms with Gasteiger partial charge >= 0.3 is 5.69 Å². The molecular formula is C15H19N3O. The van der Waals surface area contributed by atoms with Crippen LogP contribution in [0.5, 0.6) is 0 Å². The van der Waals surface area contributed by atoms with Crippen LogP contribution in [0.15, 0.2) is 41.5 Å². The van der Waals surface area contributed by atoms with E-state index in [4.69, 9.17) is 0 Å². The van der Waals surface area contributed by atoms with Crippen LogP contribution in [-0.4, -0.2) is 22.2 Å². The monoisotopic (exact) mass is 257 g/mol. The van der Waals surface area contributed by atoms with Crippen LogP contribution in [-0.2, 0) is 7.05 Å². The summed E-state index contributed by atoms with van der Waals surface area (Å²) in [7, 11) is 1.77. The van der Waals surface area contributed by atoms with Gasteiger partial charge in [0.1, 0.15) is 0 Å². The Kier molecular flexibility index (Phi) is 3.25. The summed E-state index contributed by atoms with van der Waals surface area (Å²) >= 11 is 0. The topological polar surface area (TPSA) is 39.0 Å². The second kappa shape index (κ2) is 5.05. The van der Waals surface area contributed by atoms with Crippen molar-refractivity contribution in [2.24, 2.45) is 7.05 Å². The summed E-state index contributed by atoms with van der Waals surface area (Å²) in [6.45, 7) is 2.17. The summed E-state index contributed by atoms with van der Waals surface area (Å²) in [6.07, 6.45) is 5.96. The van der Waals surface area contributed by atoms with Gasteiger partial charge in [0.05, 0.1) is 5.69 Å². The number of aromatic nitrogens is 2. The number of imidazole rings is 1. The molecule has 0 radical (unpaired) electrons. The lowest BCUT2D eigenvalue weighted by atomic mass is 9.90. The predicted molar refractivity (Wildman–Crippen MR) is 75.9 cm³/mol. The van der Waals surface area contributed by atoms with Gasteiger partial charge in [0.2, 0.25) is 0 Å². The van der Waals surface area contributed by atoms with Crippen LogP contribution in [0.2, 0.25) is 0 Å². The van der Waals surface area contributed by atoms with Crippen molar-refractivity contribution in [1.29, 1.82) is 0 Å². The molecule has 0 unspecified atom stereocenters. The normalized spacial score (nSPS) is 16.7. The minimum atomic E-state index is 0.00228. The first-order valence-electron chi connectivity index (χ1n) is 6.81. The third-order valence-electron chi connectivity index (χ3n) is 3.91. The van der Waals surface area contributed by atoms with Gasteiger partial charge in [-0.15, -0.1) is 0 Å². The van der Waals surface area contributed by atoms with Crippen molar-refractivity contribution in [2.45, 2.75) is 18.8 Å². The number of piperidine rings is 1. The molecule has 100 valence electrons. The molecule has 1 N–H and O–H groups in total. The Morgan fingerprint density at radius 1 is 1.21 bits per heavy atom. The van der Waals surface area contributed by atoms with E-state index in [9.17, 15) is 4.79 Å². The standard InChI is InChI=1S/C15H19N3O/c1-17-9-10-18(15(17)19)14-4-2-3-13(11-14)12-5-7-16-8-6-12/h2-4,9-12,16H,5-8H2,1H3. The van der Waals surface area contributed by atoms with Gasteiger partial charge in [0.15, 0.2) is 0 Å². The van der Waals surface area contributed by atoms with E-state index < -0.39 is 0 Å². The van der Waals surface area contributed by atoms with Crippen LogP contribution >= 0.6 is 0 Å². The van der Waals surface area contributed by atoms with Crippen LogP contribution < -0.4 is 11.0 Å². The van der Waals surface area contributed by atoms with E-state index in [0.29, 0.717) is 5.92 Å². The molecule has 3 rings (SSSR count). The highest BCUT2D eigenvalue weighted by Crippen LogP contribution is 2.26. The number of hydrogen-bond acceptors (Lipinski definition) is 2. The Labute approximate surface area is 112 Å². The smallest absolute Gasteiger partial charge is 0.317 e. The van der Waals surface area contributed by atoms with Crippen LogP contribution in [0.1, 0.15) is 24.3 Å². The molecule has 1 aliphatic heterocycles. The maximum atomic E-state index is 12.0. The third kappa shape index (κ3) is 2.36. The number of aryl methyl sites for hydroxylation is 1. The van der Waals surface area contributed by atoms with Crippen LogP contribution in [0.25, 0.3) is 5.69 Å². The zero-order chi connectivity index (χ0) is 13.2. The molecule has 1 fully saturated rings. The number of rotatable bonds is 2. The maximum Gasteiger partial charge on any atom is 0.332 e. The first-order valence-corrected chi connectivity index (χ1v) is 6.81. The van der Waals surface area contributed by atoms with E-state index in [0.717, 1.165) is 18.8 Å². The van der Waals surface area contributed by atoms with Gasteiger partial charge in [0.25, 0.3) is 0 Å². The molecule has 1 aliphatic rings. The second-order valence-corrected chi connectivity index (χ2v) is 5.18. The van der Waals surface area contributed by atoms with Crippen LogP contribution in [0.4, 0.5) is 0 Å². The average Bonchev–Trinajstić information content (AvgIpc) is 2.80. The summed E-state index contributed by atoms with van der Waals surface area (Å²) in [4.78, 5) is 12.0. The van der Waals surface area contributed by atoms with Gasteiger partial charge in [-0.2, -0.15) is 0 Å². The third-order valence-corrected chi connectivity index (χ3v) is 3.91. The van der Waals surface area contributed by atoms with E-state index in [1.165, 1.54) is 18.4 Å². The molecule has 1 saturated heterocycles. The summed E-state index contributed by atoms with van der Waals surface area (Å²) in [5.41, 5.74) is 2.30. The molecule has 2 aromatic rings. The number of hydrogen-bond donors (Lipinski definition) is 1. The molecule has 19 heavy (non-hydrogen) atoms. The molecule has 0 amide bonds. The predicted octanol–water partition coefficient (Wildman–Crippen LogP) is 1.64. The number of benzene rings is 1. The van der Waals surface area contributed by atoms with Crippen molar-refractivity contribution in [3.63, 3.8) is 0 Å². The Hall–Kier alpha value is -1.81. The first-order chi connectivity index (χ1) is 9.25. The van der Waals surface area contributed by atoms with Gasteiger partial charge in [-0.3, -0.25) is 4.57 Å². The van der Waals surface area contributed by atoms with Gasteiger partial charge in [-0.05, 0) is 49.5 Å². The lowest BCUT2D eigenvalue weighted by Crippen LogP contribution is -2.26. The highest BCUT2D eigenvalue weighted by Gasteiger charge is 2.15. The molecule has 0 spiro atoms. The molecule has 0 atom stereocenters. The van der Waals surface area contributed by atoms with E-state index in [-0.39, 0.29) is 5.69 Å². The van der Waals surface area contributed by atoms with Crippen molar-refractivity contribution < 1.29 is 0 Å². The van der Waals surface area contributed by atoms with Gasteiger partial charge in [-0.1, -0.05) is 12.1 Å². The van der Waals surface area contributed by atoms with E-state index in [1.807, 2.05) is 18.3 Å². The molecule has 4 nitrogen and oxygen atoms in total. The second-order valence-electron chi connectivity index (χ2n) is 5.18. The van der Waals surface area contributed by atoms with Crippen molar-refractivity contribution in [3.8, 4) is 5.69 Å². The zero-order valence-corrected chi connectivity index (χ0v) is 11.2. The molecule has 1 aromatic carbocycles. The minimum Gasteiger partial charge on any atom is -0.317 e. The molecular weight excluding hydrogens is 238 g/mol. The van der Waals surface area contributed by atoms with Crippen molar-refractivity contribution in [2.75, 3.05) is 13.1 Å². The molecule has 0 saturated carbocycles.